The third-order valence-corrected chi connectivity index (χ3v) is 6.77. The van der Waals surface area contributed by atoms with Crippen LogP contribution in [0.1, 0.15) is 6.92 Å². The molecule has 0 saturated carbocycles. The van der Waals surface area contributed by atoms with Crippen molar-refractivity contribution in [1.29, 1.82) is 0 Å². The van der Waals surface area contributed by atoms with Crippen LogP contribution in [-0.2, 0) is 14.8 Å². The zero-order valence-corrected chi connectivity index (χ0v) is 16.6. The lowest BCUT2D eigenvalue weighted by atomic mass is 10.1. The smallest absolute Gasteiger partial charge is 0.261 e. The molecule has 1 N–H and O–H groups in total. The second-order valence-electron chi connectivity index (χ2n) is 6.21. The van der Waals surface area contributed by atoms with Gasteiger partial charge < -0.3 is 9.42 Å². The number of fused-ring (bicyclic) bond motifs is 1. The topological polar surface area (TPSA) is 92.5 Å². The fraction of sp³-hybridized carbons (Fsp3) is 0.158. The molecule has 0 bridgehead atoms. The molecule has 3 aromatic rings. The Morgan fingerprint density at radius 2 is 1.96 bits per heavy atom. The lowest BCUT2D eigenvalue weighted by molar-refractivity contribution is -0.116. The summed E-state index contributed by atoms with van der Waals surface area (Å²) in [5, 5.41) is 3.66. The van der Waals surface area contributed by atoms with Crippen LogP contribution in [0, 0.1) is 0 Å². The largest absolute Gasteiger partial charge is 0.356 e. The first kappa shape index (κ1) is 18.6. The Morgan fingerprint density at radius 3 is 2.64 bits per heavy atom. The zero-order chi connectivity index (χ0) is 19.7. The van der Waals surface area contributed by atoms with E-state index < -0.39 is 10.0 Å². The summed E-state index contributed by atoms with van der Waals surface area (Å²) < 4.78 is 33.3. The molecular formula is C19H17N3O4S2. The highest BCUT2D eigenvalue weighted by Crippen LogP contribution is 2.36. The second kappa shape index (κ2) is 7.33. The predicted octanol–water partition coefficient (Wildman–Crippen LogP) is 3.60. The normalized spacial score (nSPS) is 13.8. The number of hydrogen-bond donors (Lipinski definition) is 1. The average molecular weight is 415 g/mol. The summed E-state index contributed by atoms with van der Waals surface area (Å²) in [4.78, 5) is 14.5. The number of thioether (sulfide) groups is 1. The van der Waals surface area contributed by atoms with E-state index in [9.17, 15) is 13.2 Å². The number of nitrogens with zero attached hydrogens (tertiary/aromatic N) is 2. The van der Waals surface area contributed by atoms with Crippen LogP contribution in [0.4, 0.5) is 11.4 Å². The molecule has 0 saturated heterocycles. The Bertz CT molecular complexity index is 1110. The Balaban J connectivity index is 1.60. The molecule has 0 radical (unpaired) electrons. The molecule has 0 unspecified atom stereocenters. The molecule has 28 heavy (non-hydrogen) atoms. The van der Waals surface area contributed by atoms with Gasteiger partial charge in [0.15, 0.2) is 5.76 Å². The van der Waals surface area contributed by atoms with Gasteiger partial charge in [-0.25, -0.2) is 8.42 Å². The van der Waals surface area contributed by atoms with Gasteiger partial charge >= 0.3 is 0 Å². The van der Waals surface area contributed by atoms with Crippen LogP contribution < -0.4 is 9.62 Å². The predicted molar refractivity (Wildman–Crippen MR) is 108 cm³/mol. The minimum absolute atomic E-state index is 0.105. The Morgan fingerprint density at radius 1 is 1.18 bits per heavy atom. The van der Waals surface area contributed by atoms with Crippen LogP contribution in [0.2, 0.25) is 0 Å². The van der Waals surface area contributed by atoms with Crippen LogP contribution >= 0.6 is 11.8 Å². The van der Waals surface area contributed by atoms with Gasteiger partial charge in [0.2, 0.25) is 5.91 Å². The molecule has 1 aromatic heterocycles. The Kier molecular flexibility index (Phi) is 4.86. The number of benzene rings is 2. The van der Waals surface area contributed by atoms with Gasteiger partial charge in [-0.1, -0.05) is 5.16 Å². The van der Waals surface area contributed by atoms with E-state index in [-0.39, 0.29) is 10.8 Å². The van der Waals surface area contributed by atoms with E-state index in [0.717, 1.165) is 16.2 Å². The lowest BCUT2D eigenvalue weighted by Gasteiger charge is -2.28. The maximum absolute atomic E-state index is 12.8. The van der Waals surface area contributed by atoms with Crippen LogP contribution in [-0.4, -0.2) is 31.8 Å². The maximum Gasteiger partial charge on any atom is 0.261 e. The van der Waals surface area contributed by atoms with E-state index in [1.54, 1.807) is 71.4 Å². The first-order valence-corrected chi connectivity index (χ1v) is 11.0. The van der Waals surface area contributed by atoms with Gasteiger partial charge in [-0.15, -0.1) is 11.8 Å². The van der Waals surface area contributed by atoms with Crippen molar-refractivity contribution in [3.05, 3.63) is 54.7 Å². The molecule has 1 aliphatic rings. The van der Waals surface area contributed by atoms with Gasteiger partial charge in [-0.2, -0.15) is 0 Å². The van der Waals surface area contributed by atoms with E-state index in [1.807, 2.05) is 0 Å². The molecule has 9 heteroatoms. The molecule has 1 amide bonds. The van der Waals surface area contributed by atoms with Gasteiger partial charge in [0.25, 0.3) is 10.0 Å². The van der Waals surface area contributed by atoms with E-state index in [2.05, 4.69) is 9.88 Å². The number of nitrogens with one attached hydrogen (secondary N) is 1. The molecule has 2 heterocycles. The zero-order valence-electron chi connectivity index (χ0n) is 15.0. The van der Waals surface area contributed by atoms with Crippen molar-refractivity contribution >= 4 is 39.1 Å². The van der Waals surface area contributed by atoms with Crippen LogP contribution in [0.5, 0.6) is 0 Å². The maximum atomic E-state index is 12.8. The van der Waals surface area contributed by atoms with Crippen LogP contribution in [0.3, 0.4) is 0 Å². The van der Waals surface area contributed by atoms with Crippen molar-refractivity contribution in [2.75, 3.05) is 21.9 Å². The quantitative estimate of drug-likeness (QED) is 0.700. The van der Waals surface area contributed by atoms with E-state index in [0.29, 0.717) is 23.7 Å². The van der Waals surface area contributed by atoms with Gasteiger partial charge in [0, 0.05) is 41.4 Å². The summed E-state index contributed by atoms with van der Waals surface area (Å²) in [5.41, 5.74) is 1.86. The number of anilines is 2. The third-order valence-electron chi connectivity index (χ3n) is 4.34. The summed E-state index contributed by atoms with van der Waals surface area (Å²) in [6.45, 7) is 2.04. The molecule has 144 valence electrons. The van der Waals surface area contributed by atoms with Gasteiger partial charge in [0.1, 0.15) is 0 Å². The van der Waals surface area contributed by atoms with E-state index in [1.165, 1.54) is 6.92 Å². The van der Waals surface area contributed by atoms with E-state index >= 15 is 0 Å². The minimum Gasteiger partial charge on any atom is -0.356 e. The fourth-order valence-electron chi connectivity index (χ4n) is 2.97. The molecule has 7 nitrogen and oxygen atoms in total. The number of carbonyl (C=O) groups excluding carboxylic acids is 1. The first-order valence-electron chi connectivity index (χ1n) is 8.53. The third kappa shape index (κ3) is 3.63. The van der Waals surface area contributed by atoms with Crippen molar-refractivity contribution in [2.24, 2.45) is 0 Å². The highest BCUT2D eigenvalue weighted by Gasteiger charge is 2.24. The standard InChI is InChI=1S/C19H17N3O4S2/c1-13(23)22-10-11-27-19-7-6-16(12-17(19)22)28(24,25)21-15-4-2-14(3-5-15)18-8-9-20-26-18/h2-9,12,21H,10-11H2,1H3. The fourth-order valence-corrected chi connectivity index (χ4v) is 5.03. The van der Waals surface area contributed by atoms with Crippen molar-refractivity contribution in [3.8, 4) is 11.3 Å². The van der Waals surface area contributed by atoms with Crippen molar-refractivity contribution < 1.29 is 17.7 Å². The number of hydrogen-bond acceptors (Lipinski definition) is 6. The molecule has 0 fully saturated rings. The monoisotopic (exact) mass is 415 g/mol. The summed E-state index contributed by atoms with van der Waals surface area (Å²) in [7, 11) is -3.80. The lowest BCUT2D eigenvalue weighted by Crippen LogP contribution is -2.33. The number of amides is 1. The number of aromatic nitrogens is 1. The minimum atomic E-state index is -3.80. The number of carbonyl (C=O) groups is 1. The van der Waals surface area contributed by atoms with Crippen molar-refractivity contribution in [2.45, 2.75) is 16.7 Å². The highest BCUT2D eigenvalue weighted by molar-refractivity contribution is 7.99. The molecule has 0 spiro atoms. The van der Waals surface area contributed by atoms with Gasteiger partial charge in [-0.3, -0.25) is 9.52 Å². The van der Waals surface area contributed by atoms with Crippen molar-refractivity contribution in [3.63, 3.8) is 0 Å². The average Bonchev–Trinajstić information content (AvgIpc) is 3.22. The molecule has 4 rings (SSSR count). The van der Waals surface area contributed by atoms with Gasteiger partial charge in [-0.05, 0) is 42.5 Å². The molecular weight excluding hydrogens is 398 g/mol. The Labute approximate surface area is 166 Å². The Hall–Kier alpha value is -2.78. The summed E-state index contributed by atoms with van der Waals surface area (Å²) in [6, 6.07) is 13.4. The van der Waals surface area contributed by atoms with E-state index in [4.69, 9.17) is 4.52 Å². The number of sulfonamides is 1. The molecule has 1 aliphatic heterocycles. The summed E-state index contributed by atoms with van der Waals surface area (Å²) >= 11 is 1.61. The van der Waals surface area contributed by atoms with Gasteiger partial charge in [0.05, 0.1) is 16.8 Å². The highest BCUT2D eigenvalue weighted by atomic mass is 32.2. The van der Waals surface area contributed by atoms with Crippen molar-refractivity contribution in [1.82, 2.24) is 5.16 Å². The SMILES string of the molecule is CC(=O)N1CCSc2ccc(S(=O)(=O)Nc3ccc(-c4ccno4)cc3)cc21. The molecule has 0 atom stereocenters. The van der Waals surface area contributed by atoms with Crippen LogP contribution in [0.15, 0.2) is 69.0 Å². The molecule has 0 aliphatic carbocycles. The second-order valence-corrected chi connectivity index (χ2v) is 9.03. The summed E-state index contributed by atoms with van der Waals surface area (Å²) in [6.07, 6.45) is 1.55. The first-order chi connectivity index (χ1) is 13.4. The van der Waals surface area contributed by atoms with Crippen LogP contribution in [0.25, 0.3) is 11.3 Å². The number of rotatable bonds is 4. The molecule has 2 aromatic carbocycles. The summed E-state index contributed by atoms with van der Waals surface area (Å²) in [5.74, 6) is 1.28.